The van der Waals surface area contributed by atoms with Crippen LogP contribution in [0.4, 0.5) is 0 Å². The van der Waals surface area contributed by atoms with Gasteiger partial charge in [-0.25, -0.2) is 13.1 Å². The third-order valence-electron chi connectivity index (χ3n) is 6.00. The van der Waals surface area contributed by atoms with E-state index in [-0.39, 0.29) is 23.1 Å². The smallest absolute Gasteiger partial charge is 0.254 e. The number of hydrogen-bond acceptors (Lipinski definition) is 6. The third-order valence-corrected chi connectivity index (χ3v) is 9.57. The number of thioether (sulfide) groups is 1. The second-order valence-electron chi connectivity index (χ2n) is 9.01. The van der Waals surface area contributed by atoms with Crippen LogP contribution < -0.4 is 10.0 Å². The Morgan fingerprint density at radius 2 is 1.97 bits per heavy atom. The molecular formula is C23H30BrN3O5S2. The van der Waals surface area contributed by atoms with Crippen LogP contribution in [0.3, 0.4) is 0 Å². The highest BCUT2D eigenvalue weighted by Gasteiger charge is 2.49. The van der Waals surface area contributed by atoms with Crippen LogP contribution in [0.5, 0.6) is 0 Å². The maximum atomic E-state index is 13.2. The van der Waals surface area contributed by atoms with Gasteiger partial charge in [0.1, 0.15) is 12.1 Å². The van der Waals surface area contributed by atoms with E-state index < -0.39 is 38.9 Å². The van der Waals surface area contributed by atoms with Gasteiger partial charge in [-0.15, -0.1) is 11.8 Å². The van der Waals surface area contributed by atoms with E-state index in [1.807, 2.05) is 45.0 Å². The maximum Gasteiger partial charge on any atom is 0.254 e. The van der Waals surface area contributed by atoms with Crippen LogP contribution in [0.25, 0.3) is 0 Å². The molecule has 8 nitrogen and oxygen atoms in total. The molecule has 186 valence electrons. The van der Waals surface area contributed by atoms with E-state index in [9.17, 15) is 23.1 Å². The van der Waals surface area contributed by atoms with Crippen LogP contribution >= 0.6 is 27.7 Å². The number of halogens is 1. The lowest BCUT2D eigenvalue weighted by Gasteiger charge is -2.32. The van der Waals surface area contributed by atoms with Gasteiger partial charge in [0, 0.05) is 22.2 Å². The fourth-order valence-corrected chi connectivity index (χ4v) is 7.04. The van der Waals surface area contributed by atoms with Crippen molar-refractivity contribution >= 4 is 49.5 Å². The van der Waals surface area contributed by atoms with Crippen LogP contribution in [0.2, 0.25) is 0 Å². The largest absolute Gasteiger partial charge is 0.382 e. The van der Waals surface area contributed by atoms with Gasteiger partial charge in [-0.2, -0.15) is 0 Å². The fourth-order valence-electron chi connectivity index (χ4n) is 3.92. The number of carbonyl (C=O) groups is 2. The van der Waals surface area contributed by atoms with Crippen LogP contribution in [0.15, 0.2) is 45.8 Å². The Balaban J connectivity index is 1.69. The molecule has 0 radical (unpaired) electrons. The number of nitrogens with one attached hydrogen (secondary N) is 2. The highest BCUT2D eigenvalue weighted by Crippen LogP contribution is 2.40. The van der Waals surface area contributed by atoms with Crippen molar-refractivity contribution in [1.82, 2.24) is 14.9 Å². The van der Waals surface area contributed by atoms with Crippen molar-refractivity contribution in [3.8, 4) is 0 Å². The monoisotopic (exact) mass is 571 g/mol. The lowest BCUT2D eigenvalue weighted by Crippen LogP contribution is -2.57. The van der Waals surface area contributed by atoms with Crippen LogP contribution in [0, 0.1) is 6.92 Å². The van der Waals surface area contributed by atoms with Gasteiger partial charge in [0.15, 0.2) is 0 Å². The Morgan fingerprint density at radius 1 is 1.29 bits per heavy atom. The van der Waals surface area contributed by atoms with E-state index in [1.165, 1.54) is 29.7 Å². The molecular weight excluding hydrogens is 542 g/mol. The molecule has 1 saturated heterocycles. The van der Waals surface area contributed by atoms with Crippen molar-refractivity contribution in [2.45, 2.75) is 63.6 Å². The number of aliphatic hydroxyl groups is 1. The van der Waals surface area contributed by atoms with Crippen molar-refractivity contribution in [3.63, 3.8) is 0 Å². The number of allylic oxidation sites excluding steroid dienone is 4. The van der Waals surface area contributed by atoms with Crippen molar-refractivity contribution in [3.05, 3.63) is 56.9 Å². The van der Waals surface area contributed by atoms with Gasteiger partial charge < -0.3 is 15.3 Å². The van der Waals surface area contributed by atoms with Crippen molar-refractivity contribution in [2.24, 2.45) is 0 Å². The molecule has 1 aliphatic carbocycles. The summed E-state index contributed by atoms with van der Waals surface area (Å²) in [4.78, 5) is 27.8. The van der Waals surface area contributed by atoms with E-state index in [4.69, 9.17) is 0 Å². The number of sulfonamides is 1. The zero-order chi connectivity index (χ0) is 25.3. The highest BCUT2D eigenvalue weighted by atomic mass is 79.9. The van der Waals surface area contributed by atoms with E-state index in [1.54, 1.807) is 6.08 Å². The standard InChI is InChI=1S/C23H30BrN3O5S2/c1-14-7-5-6-8-16(14)12-25-21(29)20-23(3,4)33-13-27(20)22(30)19(28)15(2)26-34(31,32)18-10-9-17(24)11-18/h5-10,15,19-20,26,28H,11-13H2,1-4H3,(H,25,29)/t15?,19?,20-/m1/s1. The molecule has 3 N–H and O–H groups in total. The van der Waals surface area contributed by atoms with Gasteiger partial charge in [0.2, 0.25) is 15.9 Å². The SMILES string of the molecule is Cc1ccccc1CNC(=O)[C@H]1N(C(=O)C(O)C(C)NS(=O)(=O)C2=CC=C(Br)C2)CSC1(C)C. The second kappa shape index (κ2) is 10.5. The molecule has 1 aromatic carbocycles. The molecule has 0 saturated carbocycles. The first-order valence-electron chi connectivity index (χ1n) is 10.9. The molecule has 0 bridgehead atoms. The number of rotatable bonds is 8. The minimum Gasteiger partial charge on any atom is -0.382 e. The lowest BCUT2D eigenvalue weighted by atomic mass is 9.99. The summed E-state index contributed by atoms with van der Waals surface area (Å²) in [6, 6.07) is 5.81. The normalized spacial score (nSPS) is 21.6. The number of hydrogen-bond donors (Lipinski definition) is 3. The second-order valence-corrected chi connectivity index (χ2v) is 13.4. The Kier molecular flexibility index (Phi) is 8.34. The molecule has 0 spiro atoms. The average molecular weight is 573 g/mol. The molecule has 34 heavy (non-hydrogen) atoms. The van der Waals surface area contributed by atoms with Gasteiger partial charge in [-0.3, -0.25) is 9.59 Å². The molecule has 2 aliphatic rings. The predicted octanol–water partition coefficient (Wildman–Crippen LogP) is 2.53. The highest BCUT2D eigenvalue weighted by molar-refractivity contribution is 9.11. The number of aliphatic hydroxyl groups excluding tert-OH is 1. The Morgan fingerprint density at radius 3 is 2.59 bits per heavy atom. The molecule has 3 atom stereocenters. The lowest BCUT2D eigenvalue weighted by molar-refractivity contribution is -0.146. The topological polar surface area (TPSA) is 116 Å². The van der Waals surface area contributed by atoms with Gasteiger partial charge in [0.05, 0.1) is 16.8 Å². The zero-order valence-electron chi connectivity index (χ0n) is 19.5. The fraction of sp³-hybridized carbons (Fsp3) is 0.478. The minimum atomic E-state index is -3.88. The number of nitrogens with zero attached hydrogens (tertiary/aromatic N) is 1. The van der Waals surface area contributed by atoms with E-state index >= 15 is 0 Å². The van der Waals surface area contributed by atoms with Crippen LogP contribution in [-0.2, 0) is 26.2 Å². The first-order chi connectivity index (χ1) is 15.8. The van der Waals surface area contributed by atoms with Gasteiger partial charge in [-0.1, -0.05) is 46.3 Å². The Labute approximate surface area is 213 Å². The summed E-state index contributed by atoms with van der Waals surface area (Å²) < 4.78 is 27.8. The number of benzene rings is 1. The van der Waals surface area contributed by atoms with Gasteiger partial charge >= 0.3 is 0 Å². The molecule has 1 aromatic rings. The van der Waals surface area contributed by atoms with Crippen molar-refractivity contribution in [2.75, 3.05) is 5.88 Å². The number of carbonyl (C=O) groups excluding carboxylic acids is 2. The average Bonchev–Trinajstić information content (AvgIpc) is 3.34. The Hall–Kier alpha value is -1.66. The van der Waals surface area contributed by atoms with E-state index in [2.05, 4.69) is 26.0 Å². The summed E-state index contributed by atoms with van der Waals surface area (Å²) in [5.41, 5.74) is 2.02. The van der Waals surface area contributed by atoms with Gasteiger partial charge in [-0.05, 0) is 44.9 Å². The molecule has 1 heterocycles. The Bertz CT molecular complexity index is 1130. The van der Waals surface area contributed by atoms with E-state index in [0.29, 0.717) is 6.54 Å². The number of aryl methyl sites for hydroxylation is 1. The zero-order valence-corrected chi connectivity index (χ0v) is 22.8. The summed E-state index contributed by atoms with van der Waals surface area (Å²) in [6.07, 6.45) is 1.69. The molecule has 0 aromatic heterocycles. The maximum absolute atomic E-state index is 13.2. The molecule has 1 aliphatic heterocycles. The summed E-state index contributed by atoms with van der Waals surface area (Å²) >= 11 is 4.70. The molecule has 3 rings (SSSR count). The van der Waals surface area contributed by atoms with Gasteiger partial charge in [0.25, 0.3) is 5.91 Å². The summed E-state index contributed by atoms with van der Waals surface area (Å²) in [5, 5.41) is 13.6. The summed E-state index contributed by atoms with van der Waals surface area (Å²) in [6.45, 7) is 7.46. The third kappa shape index (κ3) is 5.93. The molecule has 2 unspecified atom stereocenters. The van der Waals surface area contributed by atoms with Crippen LogP contribution in [-0.4, -0.2) is 59.1 Å². The van der Waals surface area contributed by atoms with Crippen LogP contribution in [0.1, 0.15) is 38.3 Å². The van der Waals surface area contributed by atoms with Crippen molar-refractivity contribution in [1.29, 1.82) is 0 Å². The molecule has 11 heteroatoms. The minimum absolute atomic E-state index is 0.150. The predicted molar refractivity (Wildman–Crippen MR) is 137 cm³/mol. The first-order valence-corrected chi connectivity index (χ1v) is 14.1. The molecule has 2 amide bonds. The summed E-state index contributed by atoms with van der Waals surface area (Å²) in [5.74, 6) is -0.796. The quantitative estimate of drug-likeness (QED) is 0.441. The van der Waals surface area contributed by atoms with E-state index in [0.717, 1.165) is 15.6 Å². The van der Waals surface area contributed by atoms with Crippen molar-refractivity contribution < 1.29 is 23.1 Å². The molecule has 1 fully saturated rings. The number of amides is 2. The first kappa shape index (κ1) is 26.9. The summed E-state index contributed by atoms with van der Waals surface area (Å²) in [7, 11) is -3.88.